The summed E-state index contributed by atoms with van der Waals surface area (Å²) >= 11 is 0. The number of hydrogen-bond donors (Lipinski definition) is 0. The molecule has 2 heterocycles. The summed E-state index contributed by atoms with van der Waals surface area (Å²) in [7, 11) is 0. The van der Waals surface area contributed by atoms with Crippen LogP contribution in [0.5, 0.6) is 0 Å². The number of hydrogen-bond acceptors (Lipinski definition) is 7. The van der Waals surface area contributed by atoms with Gasteiger partial charge in [-0.05, 0) is 25.1 Å². The monoisotopic (exact) mass is 353 g/mol. The molecule has 0 amide bonds. The van der Waals surface area contributed by atoms with Gasteiger partial charge in [0.15, 0.2) is 5.69 Å². The highest BCUT2D eigenvalue weighted by Gasteiger charge is 2.28. The number of benzene rings is 1. The minimum Gasteiger partial charge on any atom is -0.618 e. The van der Waals surface area contributed by atoms with Crippen molar-refractivity contribution in [1.82, 2.24) is 9.97 Å². The third-order valence-corrected chi connectivity index (χ3v) is 3.54. The van der Waals surface area contributed by atoms with Crippen LogP contribution in [0.2, 0.25) is 0 Å². The lowest BCUT2D eigenvalue weighted by Gasteiger charge is -2.11. The molecule has 0 unspecified atom stereocenters. The van der Waals surface area contributed by atoms with Gasteiger partial charge in [-0.25, -0.2) is 14.6 Å². The van der Waals surface area contributed by atoms with Crippen LogP contribution in [-0.4, -0.2) is 28.5 Å². The second-order valence-corrected chi connectivity index (χ2v) is 5.23. The van der Waals surface area contributed by atoms with E-state index in [1.807, 2.05) is 0 Å². The highest BCUT2D eigenvalue weighted by Crippen LogP contribution is 2.14. The molecule has 3 rings (SSSR count). The molecular weight excluding hydrogens is 338 g/mol. The van der Waals surface area contributed by atoms with Crippen LogP contribution in [0.15, 0.2) is 48.8 Å². The lowest BCUT2D eigenvalue weighted by atomic mass is 10.2. The standard InChI is InChI=1S/C18H15N3O5/c1-2-25-18(23)16-14(11-26-17(22)12-6-5-9-19-10-12)20-13-7-3-4-8-15(13)21(16)24/h3-10H,2,11H2,1H3. The van der Waals surface area contributed by atoms with Crippen molar-refractivity contribution < 1.29 is 23.8 Å². The molecule has 3 aromatic rings. The maximum Gasteiger partial charge on any atom is 0.407 e. The summed E-state index contributed by atoms with van der Waals surface area (Å²) < 4.78 is 10.6. The molecule has 0 aliphatic carbocycles. The van der Waals surface area contributed by atoms with E-state index in [0.29, 0.717) is 10.2 Å². The van der Waals surface area contributed by atoms with E-state index in [2.05, 4.69) is 9.97 Å². The number of esters is 2. The molecule has 0 aliphatic heterocycles. The molecule has 0 fully saturated rings. The summed E-state index contributed by atoms with van der Waals surface area (Å²) in [6.45, 7) is 1.37. The molecule has 0 bridgehead atoms. The van der Waals surface area contributed by atoms with Crippen molar-refractivity contribution in [2.24, 2.45) is 0 Å². The number of nitrogens with zero attached hydrogens (tertiary/aromatic N) is 3. The lowest BCUT2D eigenvalue weighted by Crippen LogP contribution is -2.39. The lowest BCUT2D eigenvalue weighted by molar-refractivity contribution is -0.581. The van der Waals surface area contributed by atoms with Gasteiger partial charge in [0.25, 0.3) is 0 Å². The van der Waals surface area contributed by atoms with Gasteiger partial charge in [0.05, 0.1) is 12.2 Å². The van der Waals surface area contributed by atoms with Gasteiger partial charge in [0.1, 0.15) is 12.1 Å². The number of aromatic nitrogens is 3. The van der Waals surface area contributed by atoms with Gasteiger partial charge < -0.3 is 14.7 Å². The Morgan fingerprint density at radius 3 is 2.65 bits per heavy atom. The summed E-state index contributed by atoms with van der Waals surface area (Å²) in [5.74, 6) is -1.46. The Morgan fingerprint density at radius 1 is 1.12 bits per heavy atom. The molecule has 2 aromatic heterocycles. The Kier molecular flexibility index (Phi) is 5.02. The molecule has 1 aromatic carbocycles. The van der Waals surface area contributed by atoms with E-state index in [-0.39, 0.29) is 35.7 Å². The second kappa shape index (κ2) is 7.56. The largest absolute Gasteiger partial charge is 0.618 e. The van der Waals surface area contributed by atoms with Gasteiger partial charge in [-0.2, -0.15) is 4.73 Å². The van der Waals surface area contributed by atoms with Crippen LogP contribution in [0.4, 0.5) is 0 Å². The van der Waals surface area contributed by atoms with Crippen molar-refractivity contribution >= 4 is 23.0 Å². The van der Waals surface area contributed by atoms with E-state index < -0.39 is 11.9 Å². The first kappa shape index (κ1) is 17.3. The van der Waals surface area contributed by atoms with Crippen LogP contribution in [0.25, 0.3) is 11.0 Å². The van der Waals surface area contributed by atoms with Crippen molar-refractivity contribution in [3.8, 4) is 0 Å². The van der Waals surface area contributed by atoms with Gasteiger partial charge in [-0.1, -0.05) is 12.1 Å². The highest BCUT2D eigenvalue weighted by atomic mass is 16.5. The van der Waals surface area contributed by atoms with Gasteiger partial charge in [0.2, 0.25) is 5.52 Å². The first-order chi connectivity index (χ1) is 12.6. The number of carbonyl (C=O) groups excluding carboxylic acids is 2. The number of para-hydroxylation sites is 2. The smallest absolute Gasteiger partial charge is 0.407 e. The average molecular weight is 353 g/mol. The van der Waals surface area contributed by atoms with Crippen LogP contribution >= 0.6 is 0 Å². The minimum atomic E-state index is -0.826. The normalized spacial score (nSPS) is 10.5. The fourth-order valence-corrected chi connectivity index (χ4v) is 2.37. The summed E-state index contributed by atoms with van der Waals surface area (Å²) in [6, 6.07) is 9.69. The average Bonchev–Trinajstić information content (AvgIpc) is 2.67. The fourth-order valence-electron chi connectivity index (χ4n) is 2.37. The third kappa shape index (κ3) is 3.44. The number of fused-ring (bicyclic) bond motifs is 1. The van der Waals surface area contributed by atoms with Gasteiger partial charge in [-0.15, -0.1) is 0 Å². The zero-order valence-electron chi connectivity index (χ0n) is 13.9. The predicted molar refractivity (Wildman–Crippen MR) is 90.0 cm³/mol. The topological polar surface area (TPSA) is 105 Å². The van der Waals surface area contributed by atoms with Crippen LogP contribution in [-0.2, 0) is 16.1 Å². The van der Waals surface area contributed by atoms with Gasteiger partial charge in [-0.3, -0.25) is 4.98 Å². The Morgan fingerprint density at radius 2 is 1.92 bits per heavy atom. The van der Waals surface area contributed by atoms with Crippen molar-refractivity contribution in [2.75, 3.05) is 6.61 Å². The Labute approximate surface area is 148 Å². The Hall–Kier alpha value is -3.55. The summed E-state index contributed by atoms with van der Waals surface area (Å²) in [6.07, 6.45) is 2.89. The fraction of sp³-hybridized carbons (Fsp3) is 0.167. The molecule has 8 heteroatoms. The summed E-state index contributed by atoms with van der Waals surface area (Å²) in [4.78, 5) is 32.4. The quantitative estimate of drug-likeness (QED) is 0.391. The Bertz CT molecular complexity index is 960. The molecular formula is C18H15N3O5. The molecule has 0 radical (unpaired) electrons. The van der Waals surface area contributed by atoms with E-state index in [0.717, 1.165) is 0 Å². The maximum atomic E-state index is 12.6. The molecule has 0 aliphatic rings. The van der Waals surface area contributed by atoms with Gasteiger partial charge in [0, 0.05) is 18.5 Å². The van der Waals surface area contributed by atoms with Crippen LogP contribution in [0.1, 0.15) is 33.5 Å². The molecule has 8 nitrogen and oxygen atoms in total. The molecule has 0 N–H and O–H groups in total. The predicted octanol–water partition coefficient (Wildman–Crippen LogP) is 1.80. The first-order valence-corrected chi connectivity index (χ1v) is 7.87. The van der Waals surface area contributed by atoms with Crippen LogP contribution in [0.3, 0.4) is 0 Å². The zero-order valence-corrected chi connectivity index (χ0v) is 13.9. The first-order valence-electron chi connectivity index (χ1n) is 7.87. The molecule has 0 saturated heterocycles. The maximum absolute atomic E-state index is 12.6. The van der Waals surface area contributed by atoms with Crippen molar-refractivity contribution in [1.29, 1.82) is 0 Å². The summed E-state index contributed by atoms with van der Waals surface area (Å²) in [5.41, 5.74) is 0.570. The van der Waals surface area contributed by atoms with Crippen LogP contribution < -0.4 is 4.73 Å². The highest BCUT2D eigenvalue weighted by molar-refractivity contribution is 5.90. The Balaban J connectivity index is 1.96. The van der Waals surface area contributed by atoms with E-state index in [1.165, 1.54) is 12.4 Å². The van der Waals surface area contributed by atoms with E-state index in [1.54, 1.807) is 43.3 Å². The number of ether oxygens (including phenoxy) is 2. The number of carbonyl (C=O) groups is 2. The van der Waals surface area contributed by atoms with Crippen molar-refractivity contribution in [2.45, 2.75) is 13.5 Å². The van der Waals surface area contributed by atoms with Gasteiger partial charge >= 0.3 is 17.6 Å². The third-order valence-electron chi connectivity index (χ3n) is 3.54. The summed E-state index contributed by atoms with van der Waals surface area (Å²) in [5, 5.41) is 12.6. The molecule has 0 saturated carbocycles. The molecule has 132 valence electrons. The van der Waals surface area contributed by atoms with Crippen molar-refractivity contribution in [3.63, 3.8) is 0 Å². The number of pyridine rings is 1. The van der Waals surface area contributed by atoms with E-state index >= 15 is 0 Å². The molecule has 0 atom stereocenters. The van der Waals surface area contributed by atoms with E-state index in [9.17, 15) is 14.8 Å². The zero-order chi connectivity index (χ0) is 18.5. The molecule has 26 heavy (non-hydrogen) atoms. The second-order valence-electron chi connectivity index (χ2n) is 5.23. The molecule has 0 spiro atoms. The van der Waals surface area contributed by atoms with E-state index in [4.69, 9.17) is 9.47 Å². The number of rotatable bonds is 5. The minimum absolute atomic E-state index is 0.0226. The SMILES string of the molecule is CCOC(=O)c1c(COC(=O)c2cccnc2)nc2ccccc2[n+]1[O-]. The van der Waals surface area contributed by atoms with Crippen molar-refractivity contribution in [3.05, 3.63) is 71.0 Å². The van der Waals surface area contributed by atoms with Crippen LogP contribution in [0, 0.1) is 5.21 Å².